The van der Waals surface area contributed by atoms with Crippen molar-refractivity contribution in [3.05, 3.63) is 0 Å². The first kappa shape index (κ1) is 13.3. The van der Waals surface area contributed by atoms with Crippen LogP contribution in [0.25, 0.3) is 0 Å². The molecule has 0 aliphatic rings. The second-order valence-corrected chi connectivity index (χ2v) is 4.02. The Hall–Kier alpha value is -0.730. The number of aliphatic imine (C=N–C) groups is 1. The van der Waals surface area contributed by atoms with Gasteiger partial charge in [-0.1, -0.05) is 0 Å². The lowest BCUT2D eigenvalue weighted by atomic mass is 10.4. The summed E-state index contributed by atoms with van der Waals surface area (Å²) in [7, 11) is 0. The van der Waals surface area contributed by atoms with Gasteiger partial charge in [0.2, 0.25) is 0 Å². The van der Waals surface area contributed by atoms with Crippen LogP contribution in [-0.2, 0) is 0 Å². The normalized spacial score (nSPS) is 12.4. The van der Waals surface area contributed by atoms with Crippen molar-refractivity contribution in [2.45, 2.75) is 53.6 Å². The number of nitrogens with one attached hydrogen (secondary N) is 1. The van der Waals surface area contributed by atoms with Gasteiger partial charge >= 0.3 is 0 Å². The van der Waals surface area contributed by atoms with Crippen LogP contribution in [-0.4, -0.2) is 36.0 Å². The first-order chi connectivity index (χ1) is 6.51. The molecular formula is C11H25N3. The SMILES string of the molecule is CCN(CC)C(=NC(C)C)NC(C)C. The van der Waals surface area contributed by atoms with E-state index >= 15 is 0 Å². The number of hydrogen-bond donors (Lipinski definition) is 1. The molecule has 14 heavy (non-hydrogen) atoms. The van der Waals surface area contributed by atoms with Crippen LogP contribution in [0, 0.1) is 0 Å². The summed E-state index contributed by atoms with van der Waals surface area (Å²) in [6, 6.07) is 0.782. The van der Waals surface area contributed by atoms with Gasteiger partial charge in [-0.3, -0.25) is 4.99 Å². The first-order valence-corrected chi connectivity index (χ1v) is 5.60. The maximum atomic E-state index is 4.59. The summed E-state index contributed by atoms with van der Waals surface area (Å²) < 4.78 is 0. The molecule has 0 bridgehead atoms. The smallest absolute Gasteiger partial charge is 0.194 e. The molecule has 0 atom stereocenters. The molecule has 0 amide bonds. The maximum Gasteiger partial charge on any atom is 0.194 e. The minimum absolute atomic E-state index is 0.344. The highest BCUT2D eigenvalue weighted by Crippen LogP contribution is 1.95. The zero-order valence-corrected chi connectivity index (χ0v) is 10.5. The van der Waals surface area contributed by atoms with Crippen LogP contribution in [0.3, 0.4) is 0 Å². The third-order valence-electron chi connectivity index (χ3n) is 1.86. The summed E-state index contributed by atoms with van der Waals surface area (Å²) in [5.74, 6) is 1.03. The molecule has 0 aliphatic heterocycles. The molecule has 0 rings (SSSR count). The van der Waals surface area contributed by atoms with Crippen molar-refractivity contribution in [3.8, 4) is 0 Å². The van der Waals surface area contributed by atoms with Crippen LogP contribution in [0.5, 0.6) is 0 Å². The lowest BCUT2D eigenvalue weighted by Gasteiger charge is -2.26. The topological polar surface area (TPSA) is 27.6 Å². The standard InChI is InChI=1S/C11H25N3/c1-7-14(8-2)11(12-9(3)4)13-10(5)6/h9-10H,7-8H2,1-6H3,(H,12,13). The summed E-state index contributed by atoms with van der Waals surface area (Å²) in [6.07, 6.45) is 0. The van der Waals surface area contributed by atoms with E-state index in [1.54, 1.807) is 0 Å². The molecule has 0 aromatic heterocycles. The fourth-order valence-corrected chi connectivity index (χ4v) is 1.24. The van der Waals surface area contributed by atoms with Gasteiger partial charge in [-0.25, -0.2) is 0 Å². The molecule has 0 aliphatic carbocycles. The van der Waals surface area contributed by atoms with Crippen LogP contribution in [0.2, 0.25) is 0 Å². The van der Waals surface area contributed by atoms with E-state index in [1.165, 1.54) is 0 Å². The van der Waals surface area contributed by atoms with E-state index in [1.807, 2.05) is 0 Å². The lowest BCUT2D eigenvalue weighted by molar-refractivity contribution is 0.435. The monoisotopic (exact) mass is 199 g/mol. The Morgan fingerprint density at radius 2 is 1.64 bits per heavy atom. The largest absolute Gasteiger partial charge is 0.354 e. The summed E-state index contributed by atoms with van der Waals surface area (Å²) in [5, 5.41) is 3.39. The second kappa shape index (κ2) is 6.68. The molecular weight excluding hydrogens is 174 g/mol. The number of hydrogen-bond acceptors (Lipinski definition) is 1. The number of rotatable bonds is 4. The van der Waals surface area contributed by atoms with Crippen molar-refractivity contribution in [2.24, 2.45) is 4.99 Å². The van der Waals surface area contributed by atoms with Gasteiger partial charge in [0.25, 0.3) is 0 Å². The van der Waals surface area contributed by atoms with E-state index in [2.05, 4.69) is 56.8 Å². The van der Waals surface area contributed by atoms with Gasteiger partial charge in [-0.2, -0.15) is 0 Å². The highest BCUT2D eigenvalue weighted by Gasteiger charge is 2.08. The Morgan fingerprint density at radius 3 is 1.93 bits per heavy atom. The van der Waals surface area contributed by atoms with Crippen molar-refractivity contribution in [3.63, 3.8) is 0 Å². The average molecular weight is 199 g/mol. The Morgan fingerprint density at radius 1 is 1.14 bits per heavy atom. The molecule has 0 heterocycles. The summed E-state index contributed by atoms with van der Waals surface area (Å²) >= 11 is 0. The van der Waals surface area contributed by atoms with E-state index < -0.39 is 0 Å². The number of guanidine groups is 1. The van der Waals surface area contributed by atoms with Gasteiger partial charge < -0.3 is 10.2 Å². The Kier molecular flexibility index (Phi) is 6.34. The average Bonchev–Trinajstić information content (AvgIpc) is 2.03. The highest BCUT2D eigenvalue weighted by atomic mass is 15.3. The van der Waals surface area contributed by atoms with E-state index in [9.17, 15) is 0 Å². The van der Waals surface area contributed by atoms with Crippen molar-refractivity contribution in [1.82, 2.24) is 10.2 Å². The van der Waals surface area contributed by atoms with Crippen molar-refractivity contribution in [1.29, 1.82) is 0 Å². The van der Waals surface area contributed by atoms with E-state index in [0.717, 1.165) is 19.0 Å². The van der Waals surface area contributed by atoms with Crippen LogP contribution in [0.4, 0.5) is 0 Å². The van der Waals surface area contributed by atoms with Gasteiger partial charge in [-0.15, -0.1) is 0 Å². The molecule has 3 heteroatoms. The van der Waals surface area contributed by atoms with Crippen LogP contribution in [0.1, 0.15) is 41.5 Å². The first-order valence-electron chi connectivity index (χ1n) is 5.60. The van der Waals surface area contributed by atoms with Crippen LogP contribution < -0.4 is 5.32 Å². The van der Waals surface area contributed by atoms with Gasteiger partial charge in [-0.05, 0) is 41.5 Å². The van der Waals surface area contributed by atoms with Gasteiger partial charge in [0.05, 0.1) is 0 Å². The van der Waals surface area contributed by atoms with Crippen LogP contribution >= 0.6 is 0 Å². The minimum atomic E-state index is 0.344. The van der Waals surface area contributed by atoms with Crippen molar-refractivity contribution in [2.75, 3.05) is 13.1 Å². The van der Waals surface area contributed by atoms with Gasteiger partial charge in [0.15, 0.2) is 5.96 Å². The molecule has 0 aromatic rings. The number of nitrogens with zero attached hydrogens (tertiary/aromatic N) is 2. The highest BCUT2D eigenvalue weighted by molar-refractivity contribution is 5.80. The molecule has 84 valence electrons. The molecule has 0 saturated heterocycles. The molecule has 3 nitrogen and oxygen atoms in total. The third-order valence-corrected chi connectivity index (χ3v) is 1.86. The Bertz CT molecular complexity index is 169. The predicted molar refractivity (Wildman–Crippen MR) is 63.8 cm³/mol. The van der Waals surface area contributed by atoms with Crippen LogP contribution in [0.15, 0.2) is 4.99 Å². The molecule has 0 fully saturated rings. The quantitative estimate of drug-likeness (QED) is 0.554. The fourth-order valence-electron chi connectivity index (χ4n) is 1.24. The summed E-state index contributed by atoms with van der Waals surface area (Å²) in [4.78, 5) is 6.84. The maximum absolute atomic E-state index is 4.59. The van der Waals surface area contributed by atoms with Gasteiger partial charge in [0, 0.05) is 25.2 Å². The Labute approximate surface area is 88.6 Å². The third kappa shape index (κ3) is 5.10. The summed E-state index contributed by atoms with van der Waals surface area (Å²) in [6.45, 7) is 14.8. The zero-order chi connectivity index (χ0) is 11.1. The molecule has 0 spiro atoms. The summed E-state index contributed by atoms with van der Waals surface area (Å²) in [5.41, 5.74) is 0. The van der Waals surface area contributed by atoms with E-state index in [-0.39, 0.29) is 0 Å². The van der Waals surface area contributed by atoms with Crippen molar-refractivity contribution >= 4 is 5.96 Å². The van der Waals surface area contributed by atoms with E-state index in [4.69, 9.17) is 0 Å². The minimum Gasteiger partial charge on any atom is -0.354 e. The molecule has 0 aromatic carbocycles. The molecule has 0 saturated carbocycles. The zero-order valence-electron chi connectivity index (χ0n) is 10.5. The Balaban J connectivity index is 4.52. The molecule has 0 unspecified atom stereocenters. The predicted octanol–water partition coefficient (Wildman–Crippen LogP) is 2.09. The molecule has 0 radical (unpaired) electrons. The van der Waals surface area contributed by atoms with Crippen molar-refractivity contribution < 1.29 is 0 Å². The lowest BCUT2D eigenvalue weighted by Crippen LogP contribution is -2.44. The van der Waals surface area contributed by atoms with Gasteiger partial charge in [0.1, 0.15) is 0 Å². The molecule has 1 N–H and O–H groups in total. The fraction of sp³-hybridized carbons (Fsp3) is 0.909. The van der Waals surface area contributed by atoms with E-state index in [0.29, 0.717) is 12.1 Å². The second-order valence-electron chi connectivity index (χ2n) is 4.02.